The smallest absolute Gasteiger partial charge is 0.243 e. The van der Waals surface area contributed by atoms with Crippen LogP contribution in [0.2, 0.25) is 0 Å². The maximum Gasteiger partial charge on any atom is 0.243 e. The minimum atomic E-state index is -3.42. The molecule has 2 saturated heterocycles. The number of ether oxygens (including phenoxy) is 1. The van der Waals surface area contributed by atoms with Gasteiger partial charge >= 0.3 is 0 Å². The molecule has 5 nitrogen and oxygen atoms in total. The van der Waals surface area contributed by atoms with Crippen molar-refractivity contribution in [3.05, 3.63) is 28.8 Å². The van der Waals surface area contributed by atoms with Crippen LogP contribution in [-0.4, -0.2) is 63.1 Å². The number of hydrogen-bond donors (Lipinski definition) is 0. The van der Waals surface area contributed by atoms with Crippen LogP contribution in [0.4, 0.5) is 0 Å². The van der Waals surface area contributed by atoms with Gasteiger partial charge in [0.1, 0.15) is 0 Å². The normalized spacial score (nSPS) is 23.7. The van der Waals surface area contributed by atoms with Gasteiger partial charge in [-0.2, -0.15) is 4.31 Å². The second-order valence-corrected chi connectivity index (χ2v) is 8.94. The van der Waals surface area contributed by atoms with Crippen LogP contribution in [0.15, 0.2) is 17.0 Å². The molecule has 134 valence electrons. The Balaban J connectivity index is 1.69. The molecule has 2 aliphatic heterocycles. The summed E-state index contributed by atoms with van der Waals surface area (Å²) in [6.45, 7) is 10.2. The van der Waals surface area contributed by atoms with Gasteiger partial charge < -0.3 is 4.74 Å². The van der Waals surface area contributed by atoms with E-state index in [9.17, 15) is 8.42 Å². The highest BCUT2D eigenvalue weighted by molar-refractivity contribution is 7.89. The Morgan fingerprint density at radius 3 is 2.25 bits per heavy atom. The fourth-order valence-corrected chi connectivity index (χ4v) is 5.77. The Labute approximate surface area is 145 Å². The number of rotatable bonds is 4. The third-order valence-electron chi connectivity index (χ3n) is 5.02. The lowest BCUT2D eigenvalue weighted by Gasteiger charge is -2.35. The average Bonchev–Trinajstić information content (AvgIpc) is 2.99. The molecule has 1 unspecified atom stereocenters. The predicted molar refractivity (Wildman–Crippen MR) is 94.8 cm³/mol. The van der Waals surface area contributed by atoms with Crippen molar-refractivity contribution in [1.82, 2.24) is 9.21 Å². The molecule has 1 aromatic rings. The second kappa shape index (κ2) is 7.12. The van der Waals surface area contributed by atoms with Gasteiger partial charge in [0.15, 0.2) is 0 Å². The lowest BCUT2D eigenvalue weighted by Crippen LogP contribution is -2.50. The fourth-order valence-electron chi connectivity index (χ4n) is 3.93. The summed E-state index contributed by atoms with van der Waals surface area (Å²) < 4.78 is 33.5. The number of piperazine rings is 1. The topological polar surface area (TPSA) is 49.9 Å². The van der Waals surface area contributed by atoms with Crippen molar-refractivity contribution in [1.29, 1.82) is 0 Å². The Bertz CT molecular complexity index is 665. The molecule has 2 fully saturated rings. The Morgan fingerprint density at radius 2 is 1.71 bits per heavy atom. The number of sulfonamides is 1. The van der Waals surface area contributed by atoms with Crippen LogP contribution in [0, 0.1) is 20.8 Å². The first-order valence-electron chi connectivity index (χ1n) is 8.80. The molecule has 0 bridgehead atoms. The van der Waals surface area contributed by atoms with Gasteiger partial charge in [-0.3, -0.25) is 4.90 Å². The van der Waals surface area contributed by atoms with E-state index in [1.54, 1.807) is 4.31 Å². The number of aryl methyl sites for hydroxylation is 3. The summed E-state index contributed by atoms with van der Waals surface area (Å²) in [7, 11) is -3.42. The molecule has 0 amide bonds. The molecule has 0 aliphatic carbocycles. The van der Waals surface area contributed by atoms with Crippen LogP contribution in [0.3, 0.4) is 0 Å². The molecule has 1 aromatic carbocycles. The average molecular weight is 353 g/mol. The summed E-state index contributed by atoms with van der Waals surface area (Å²) in [5.74, 6) is 0. The van der Waals surface area contributed by atoms with Gasteiger partial charge in [0.05, 0.1) is 11.0 Å². The molecule has 6 heteroatoms. The fraction of sp³-hybridized carbons (Fsp3) is 0.667. The number of benzene rings is 1. The summed E-state index contributed by atoms with van der Waals surface area (Å²) in [6.07, 6.45) is 2.60. The Morgan fingerprint density at radius 1 is 1.08 bits per heavy atom. The van der Waals surface area contributed by atoms with Crippen LogP contribution in [0.5, 0.6) is 0 Å². The van der Waals surface area contributed by atoms with E-state index in [0.29, 0.717) is 24.1 Å². The largest absolute Gasteiger partial charge is 0.377 e. The molecule has 2 aliphatic rings. The van der Waals surface area contributed by atoms with E-state index in [-0.39, 0.29) is 0 Å². The van der Waals surface area contributed by atoms with E-state index in [2.05, 4.69) is 4.90 Å². The van der Waals surface area contributed by atoms with E-state index < -0.39 is 10.0 Å². The SMILES string of the molecule is Cc1cc(C)c(S(=O)(=O)N2CCN(CC3CCCO3)CC2)c(C)c1. The van der Waals surface area contributed by atoms with E-state index in [0.717, 1.165) is 55.8 Å². The van der Waals surface area contributed by atoms with Gasteiger partial charge in [0.25, 0.3) is 0 Å². The van der Waals surface area contributed by atoms with E-state index in [1.807, 2.05) is 32.9 Å². The molecular weight excluding hydrogens is 324 g/mol. The summed E-state index contributed by atoms with van der Waals surface area (Å²) in [5.41, 5.74) is 2.79. The minimum Gasteiger partial charge on any atom is -0.377 e. The summed E-state index contributed by atoms with van der Waals surface area (Å²) in [5, 5.41) is 0. The van der Waals surface area contributed by atoms with Gasteiger partial charge in [-0.1, -0.05) is 17.7 Å². The lowest BCUT2D eigenvalue weighted by molar-refractivity contribution is 0.0617. The lowest BCUT2D eigenvalue weighted by atomic mass is 10.1. The second-order valence-electron chi connectivity index (χ2n) is 7.07. The summed E-state index contributed by atoms with van der Waals surface area (Å²) in [4.78, 5) is 2.82. The molecule has 1 atom stereocenters. The standard InChI is InChI=1S/C18H28N2O3S/c1-14-11-15(2)18(16(3)12-14)24(21,22)20-8-6-19(7-9-20)13-17-5-4-10-23-17/h11-12,17H,4-10,13H2,1-3H3. The van der Waals surface area contributed by atoms with Crippen LogP contribution in [0.25, 0.3) is 0 Å². The van der Waals surface area contributed by atoms with Crippen molar-refractivity contribution >= 4 is 10.0 Å². The zero-order valence-corrected chi connectivity index (χ0v) is 15.7. The monoisotopic (exact) mass is 352 g/mol. The van der Waals surface area contributed by atoms with E-state index in [1.165, 1.54) is 0 Å². The highest BCUT2D eigenvalue weighted by Gasteiger charge is 2.31. The van der Waals surface area contributed by atoms with Gasteiger partial charge in [0, 0.05) is 39.3 Å². The van der Waals surface area contributed by atoms with Crippen molar-refractivity contribution in [2.45, 2.75) is 44.6 Å². The first-order chi connectivity index (χ1) is 11.4. The molecule has 0 N–H and O–H groups in total. The molecule has 0 spiro atoms. The van der Waals surface area contributed by atoms with Crippen molar-refractivity contribution in [2.24, 2.45) is 0 Å². The van der Waals surface area contributed by atoms with E-state index in [4.69, 9.17) is 4.74 Å². The third kappa shape index (κ3) is 3.67. The maximum atomic E-state index is 13.1. The first kappa shape index (κ1) is 17.9. The zero-order valence-electron chi connectivity index (χ0n) is 14.9. The molecule has 0 radical (unpaired) electrons. The van der Waals surface area contributed by atoms with Crippen molar-refractivity contribution < 1.29 is 13.2 Å². The van der Waals surface area contributed by atoms with Gasteiger partial charge in [-0.05, 0) is 44.7 Å². The van der Waals surface area contributed by atoms with Crippen LogP contribution < -0.4 is 0 Å². The first-order valence-corrected chi connectivity index (χ1v) is 10.2. The van der Waals surface area contributed by atoms with E-state index >= 15 is 0 Å². The summed E-state index contributed by atoms with van der Waals surface area (Å²) in [6, 6.07) is 3.90. The van der Waals surface area contributed by atoms with Gasteiger partial charge in [-0.25, -0.2) is 8.42 Å². The van der Waals surface area contributed by atoms with Crippen molar-refractivity contribution in [3.63, 3.8) is 0 Å². The van der Waals surface area contributed by atoms with Gasteiger partial charge in [-0.15, -0.1) is 0 Å². The minimum absolute atomic E-state index is 0.328. The molecule has 3 rings (SSSR count). The van der Waals surface area contributed by atoms with Crippen LogP contribution in [0.1, 0.15) is 29.5 Å². The van der Waals surface area contributed by atoms with Crippen molar-refractivity contribution in [3.8, 4) is 0 Å². The maximum absolute atomic E-state index is 13.1. The van der Waals surface area contributed by atoms with Crippen LogP contribution in [-0.2, 0) is 14.8 Å². The molecule has 24 heavy (non-hydrogen) atoms. The molecule has 0 saturated carbocycles. The van der Waals surface area contributed by atoms with Gasteiger partial charge in [0.2, 0.25) is 10.0 Å². The summed E-state index contributed by atoms with van der Waals surface area (Å²) >= 11 is 0. The Hall–Kier alpha value is -0.950. The Kier molecular flexibility index (Phi) is 5.30. The third-order valence-corrected chi connectivity index (χ3v) is 7.22. The predicted octanol–water partition coefficient (Wildman–Crippen LogP) is 2.10. The quantitative estimate of drug-likeness (QED) is 0.833. The number of nitrogens with zero attached hydrogens (tertiary/aromatic N) is 2. The molecule has 0 aromatic heterocycles. The molecular formula is C18H28N2O3S. The van der Waals surface area contributed by atoms with Crippen molar-refractivity contribution in [2.75, 3.05) is 39.3 Å². The zero-order chi connectivity index (χ0) is 17.3. The molecule has 2 heterocycles. The highest BCUT2D eigenvalue weighted by Crippen LogP contribution is 2.26. The van der Waals surface area contributed by atoms with Crippen LogP contribution >= 0.6 is 0 Å². The number of hydrogen-bond acceptors (Lipinski definition) is 4. The highest BCUT2D eigenvalue weighted by atomic mass is 32.2.